The SMILES string of the molecule is O=C(Oc1ccccc1)Oc1oc(-c2ccc(F)cc2)cc1Cc1ccc(Br)cc1. The summed E-state index contributed by atoms with van der Waals surface area (Å²) < 4.78 is 30.6. The molecule has 1 heterocycles. The Bertz CT molecular complexity index is 1140. The number of ether oxygens (including phenoxy) is 2. The largest absolute Gasteiger partial charge is 0.521 e. The van der Waals surface area contributed by atoms with Crippen molar-refractivity contribution in [3.05, 3.63) is 106 Å². The Morgan fingerprint density at radius 1 is 0.900 bits per heavy atom. The molecule has 0 aliphatic carbocycles. The van der Waals surface area contributed by atoms with Gasteiger partial charge in [-0.25, -0.2) is 9.18 Å². The summed E-state index contributed by atoms with van der Waals surface area (Å²) in [5, 5.41) is 0. The Labute approximate surface area is 181 Å². The first-order chi connectivity index (χ1) is 14.6. The van der Waals surface area contributed by atoms with Crippen molar-refractivity contribution in [2.24, 2.45) is 0 Å². The van der Waals surface area contributed by atoms with Gasteiger partial charge < -0.3 is 13.9 Å². The van der Waals surface area contributed by atoms with E-state index in [4.69, 9.17) is 13.9 Å². The van der Waals surface area contributed by atoms with Gasteiger partial charge in [0.15, 0.2) is 0 Å². The first kappa shape index (κ1) is 19.9. The topological polar surface area (TPSA) is 48.7 Å². The Kier molecular flexibility index (Phi) is 5.95. The van der Waals surface area contributed by atoms with Gasteiger partial charge in [0.05, 0.1) is 0 Å². The van der Waals surface area contributed by atoms with Gasteiger partial charge in [-0.1, -0.05) is 46.3 Å². The molecule has 0 saturated carbocycles. The zero-order chi connectivity index (χ0) is 20.9. The van der Waals surface area contributed by atoms with Crippen LogP contribution >= 0.6 is 15.9 Å². The number of hydrogen-bond donors (Lipinski definition) is 0. The Morgan fingerprint density at radius 2 is 1.60 bits per heavy atom. The fraction of sp³-hybridized carbons (Fsp3) is 0.0417. The van der Waals surface area contributed by atoms with E-state index in [1.54, 1.807) is 42.5 Å². The molecule has 0 N–H and O–H groups in total. The van der Waals surface area contributed by atoms with Crippen LogP contribution in [-0.2, 0) is 6.42 Å². The van der Waals surface area contributed by atoms with E-state index in [9.17, 15) is 9.18 Å². The van der Waals surface area contributed by atoms with Gasteiger partial charge in [0.1, 0.15) is 17.3 Å². The van der Waals surface area contributed by atoms with Crippen LogP contribution in [0.3, 0.4) is 0 Å². The number of benzene rings is 3. The van der Waals surface area contributed by atoms with Gasteiger partial charge in [0, 0.05) is 22.0 Å². The lowest BCUT2D eigenvalue weighted by Crippen LogP contribution is -2.14. The maximum atomic E-state index is 13.3. The van der Waals surface area contributed by atoms with E-state index in [2.05, 4.69) is 15.9 Å². The highest BCUT2D eigenvalue weighted by Gasteiger charge is 2.19. The number of hydrogen-bond acceptors (Lipinski definition) is 4. The number of carbonyl (C=O) groups is 1. The second-order valence-electron chi connectivity index (χ2n) is 6.50. The highest BCUT2D eigenvalue weighted by Crippen LogP contribution is 2.33. The quantitative estimate of drug-likeness (QED) is 0.234. The minimum Gasteiger partial charge on any atom is -0.425 e. The van der Waals surface area contributed by atoms with Crippen molar-refractivity contribution in [2.75, 3.05) is 0 Å². The average molecular weight is 467 g/mol. The van der Waals surface area contributed by atoms with E-state index >= 15 is 0 Å². The molecule has 30 heavy (non-hydrogen) atoms. The fourth-order valence-corrected chi connectivity index (χ4v) is 3.15. The molecule has 1 aromatic heterocycles. The molecular formula is C24H16BrFO4. The lowest BCUT2D eigenvalue weighted by atomic mass is 10.1. The number of para-hydroxylation sites is 1. The van der Waals surface area contributed by atoms with E-state index in [0.717, 1.165) is 10.0 Å². The molecule has 4 aromatic rings. The summed E-state index contributed by atoms with van der Waals surface area (Å²) >= 11 is 3.42. The maximum absolute atomic E-state index is 13.3. The molecule has 0 saturated heterocycles. The summed E-state index contributed by atoms with van der Waals surface area (Å²) in [5.41, 5.74) is 2.34. The van der Waals surface area contributed by atoms with E-state index in [1.165, 1.54) is 12.1 Å². The minimum absolute atomic E-state index is 0.0400. The van der Waals surface area contributed by atoms with Crippen LogP contribution in [0.15, 0.2) is 93.8 Å². The standard InChI is InChI=1S/C24H16BrFO4/c25-19-10-6-16(7-11-19)14-18-15-22(17-8-12-20(26)13-9-17)29-23(18)30-24(27)28-21-4-2-1-3-5-21/h1-13,15H,14H2. The molecule has 0 fully saturated rings. The molecule has 6 heteroatoms. The average Bonchev–Trinajstić information content (AvgIpc) is 3.13. The molecule has 0 aliphatic rings. The van der Waals surface area contributed by atoms with Crippen molar-refractivity contribution in [1.82, 2.24) is 0 Å². The normalized spacial score (nSPS) is 10.6. The molecule has 4 rings (SSSR count). The Hall–Kier alpha value is -3.38. The van der Waals surface area contributed by atoms with Crippen molar-refractivity contribution in [2.45, 2.75) is 6.42 Å². The summed E-state index contributed by atoms with van der Waals surface area (Å²) in [6.45, 7) is 0. The van der Waals surface area contributed by atoms with Gasteiger partial charge in [0.2, 0.25) is 0 Å². The van der Waals surface area contributed by atoms with Crippen molar-refractivity contribution in [1.29, 1.82) is 0 Å². The smallest absolute Gasteiger partial charge is 0.425 e. The molecule has 0 bridgehead atoms. The van der Waals surface area contributed by atoms with Gasteiger partial charge in [-0.2, -0.15) is 0 Å². The molecule has 3 aromatic carbocycles. The molecule has 0 spiro atoms. The second kappa shape index (κ2) is 8.97. The predicted octanol–water partition coefficient (Wildman–Crippen LogP) is 7.02. The van der Waals surface area contributed by atoms with Crippen LogP contribution in [0.25, 0.3) is 11.3 Å². The van der Waals surface area contributed by atoms with Crippen LogP contribution in [-0.4, -0.2) is 6.16 Å². The third kappa shape index (κ3) is 4.96. The highest BCUT2D eigenvalue weighted by atomic mass is 79.9. The van der Waals surface area contributed by atoms with Crippen LogP contribution in [0.5, 0.6) is 11.7 Å². The Balaban J connectivity index is 1.61. The number of rotatable bonds is 5. The molecule has 4 nitrogen and oxygen atoms in total. The van der Waals surface area contributed by atoms with Crippen LogP contribution in [0.2, 0.25) is 0 Å². The molecule has 0 unspecified atom stereocenters. The fourth-order valence-electron chi connectivity index (χ4n) is 2.88. The van der Waals surface area contributed by atoms with Crippen LogP contribution in [0.1, 0.15) is 11.1 Å². The van der Waals surface area contributed by atoms with Crippen molar-refractivity contribution in [3.8, 4) is 23.0 Å². The van der Waals surface area contributed by atoms with Crippen molar-refractivity contribution < 1.29 is 23.1 Å². The summed E-state index contributed by atoms with van der Waals surface area (Å²) in [7, 11) is 0. The first-order valence-corrected chi connectivity index (χ1v) is 9.94. The molecule has 0 aliphatic heterocycles. The van der Waals surface area contributed by atoms with Gasteiger partial charge in [-0.15, -0.1) is 0 Å². The molecular weight excluding hydrogens is 451 g/mol. The van der Waals surface area contributed by atoms with Gasteiger partial charge in [-0.05, 0) is 60.2 Å². The lowest BCUT2D eigenvalue weighted by molar-refractivity contribution is 0.140. The second-order valence-corrected chi connectivity index (χ2v) is 7.42. The highest BCUT2D eigenvalue weighted by molar-refractivity contribution is 9.10. The van der Waals surface area contributed by atoms with E-state index < -0.39 is 6.16 Å². The molecule has 0 amide bonds. The third-order valence-electron chi connectivity index (χ3n) is 4.33. The summed E-state index contributed by atoms with van der Waals surface area (Å²) in [6.07, 6.45) is -0.426. The summed E-state index contributed by atoms with van der Waals surface area (Å²) in [6, 6.07) is 24.1. The van der Waals surface area contributed by atoms with Gasteiger partial charge >= 0.3 is 6.16 Å². The van der Waals surface area contributed by atoms with Crippen LogP contribution < -0.4 is 9.47 Å². The molecule has 0 radical (unpaired) electrons. The third-order valence-corrected chi connectivity index (χ3v) is 4.86. The van der Waals surface area contributed by atoms with Crippen LogP contribution in [0, 0.1) is 5.82 Å². The maximum Gasteiger partial charge on any atom is 0.521 e. The minimum atomic E-state index is -0.904. The van der Waals surface area contributed by atoms with Crippen LogP contribution in [0.4, 0.5) is 9.18 Å². The number of carbonyl (C=O) groups excluding carboxylic acids is 1. The predicted molar refractivity (Wildman–Crippen MR) is 114 cm³/mol. The number of furan rings is 1. The van der Waals surface area contributed by atoms with Crippen molar-refractivity contribution >= 4 is 22.1 Å². The number of halogens is 2. The summed E-state index contributed by atoms with van der Waals surface area (Å²) in [5.74, 6) is 0.522. The van der Waals surface area contributed by atoms with Gasteiger partial charge in [0.25, 0.3) is 5.95 Å². The first-order valence-electron chi connectivity index (χ1n) is 9.14. The summed E-state index contributed by atoms with van der Waals surface area (Å²) in [4.78, 5) is 12.3. The monoisotopic (exact) mass is 466 g/mol. The van der Waals surface area contributed by atoms with E-state index in [-0.39, 0.29) is 11.8 Å². The lowest BCUT2D eigenvalue weighted by Gasteiger charge is -2.05. The molecule has 0 atom stereocenters. The zero-order valence-electron chi connectivity index (χ0n) is 15.7. The molecule has 150 valence electrons. The van der Waals surface area contributed by atoms with Crippen molar-refractivity contribution in [3.63, 3.8) is 0 Å². The van der Waals surface area contributed by atoms with Gasteiger partial charge in [-0.3, -0.25) is 0 Å². The zero-order valence-corrected chi connectivity index (χ0v) is 17.3. The van der Waals surface area contributed by atoms with E-state index in [0.29, 0.717) is 29.1 Å². The Morgan fingerprint density at radius 3 is 2.30 bits per heavy atom. The van der Waals surface area contributed by atoms with E-state index in [1.807, 2.05) is 30.3 Å².